The predicted octanol–water partition coefficient (Wildman–Crippen LogP) is 1.36. The Balaban J connectivity index is 1.52. The second-order valence-corrected chi connectivity index (χ2v) is 10.7. The topological polar surface area (TPSA) is 92.3 Å². The summed E-state index contributed by atoms with van der Waals surface area (Å²) < 4.78 is 23.2. The number of rotatable bonds is 3. The van der Waals surface area contributed by atoms with E-state index >= 15 is 0 Å². The van der Waals surface area contributed by atoms with Crippen LogP contribution in [-0.2, 0) is 14.6 Å². The molecular formula is C15H18N2O4S3. The summed E-state index contributed by atoms with van der Waals surface area (Å²) in [5.74, 6) is 0.690. The van der Waals surface area contributed by atoms with Gasteiger partial charge in [-0.25, -0.2) is 8.42 Å². The number of sulfone groups is 1. The van der Waals surface area contributed by atoms with Gasteiger partial charge in [-0.1, -0.05) is 12.1 Å². The Bertz CT molecular complexity index is 728. The van der Waals surface area contributed by atoms with Gasteiger partial charge >= 0.3 is 0 Å². The SMILES string of the molecule is O=C(NNC(=O)[C@@H]1CCS(=O)(=O)C1)c1ccc(C2SCCS2)cc1. The van der Waals surface area contributed by atoms with Crippen LogP contribution in [0.5, 0.6) is 0 Å². The first-order chi connectivity index (χ1) is 11.4. The largest absolute Gasteiger partial charge is 0.273 e. The third-order valence-corrected chi connectivity index (χ3v) is 8.84. The molecule has 0 aliphatic carbocycles. The lowest BCUT2D eigenvalue weighted by atomic mass is 10.1. The highest BCUT2D eigenvalue weighted by molar-refractivity contribution is 8.19. The van der Waals surface area contributed by atoms with E-state index in [4.69, 9.17) is 0 Å². The molecule has 2 amide bonds. The van der Waals surface area contributed by atoms with Crippen LogP contribution in [0.1, 0.15) is 26.9 Å². The molecule has 2 N–H and O–H groups in total. The lowest BCUT2D eigenvalue weighted by molar-refractivity contribution is -0.125. The summed E-state index contributed by atoms with van der Waals surface area (Å²) in [4.78, 5) is 24.0. The van der Waals surface area contributed by atoms with Crippen LogP contribution in [0, 0.1) is 5.92 Å². The van der Waals surface area contributed by atoms with Crippen molar-refractivity contribution in [1.82, 2.24) is 10.9 Å². The van der Waals surface area contributed by atoms with Gasteiger partial charge in [-0.2, -0.15) is 0 Å². The Labute approximate surface area is 149 Å². The molecule has 0 radical (unpaired) electrons. The molecular weight excluding hydrogens is 368 g/mol. The number of hydrogen-bond donors (Lipinski definition) is 2. The second kappa shape index (κ2) is 7.37. The van der Waals surface area contributed by atoms with Crippen molar-refractivity contribution in [1.29, 1.82) is 0 Å². The fourth-order valence-electron chi connectivity index (χ4n) is 2.64. The van der Waals surface area contributed by atoms with Crippen LogP contribution in [0.15, 0.2) is 24.3 Å². The molecule has 2 aliphatic rings. The van der Waals surface area contributed by atoms with Gasteiger partial charge in [-0.15, -0.1) is 23.5 Å². The smallest absolute Gasteiger partial charge is 0.269 e. The van der Waals surface area contributed by atoms with Gasteiger partial charge in [0.25, 0.3) is 5.91 Å². The van der Waals surface area contributed by atoms with E-state index in [0.29, 0.717) is 16.6 Å². The van der Waals surface area contributed by atoms with Gasteiger partial charge in [0.1, 0.15) is 0 Å². The number of benzene rings is 1. The third kappa shape index (κ3) is 4.25. The summed E-state index contributed by atoms with van der Waals surface area (Å²) in [5, 5.41) is 0. The van der Waals surface area contributed by atoms with E-state index in [1.54, 1.807) is 12.1 Å². The highest BCUT2D eigenvalue weighted by Gasteiger charge is 2.33. The predicted molar refractivity (Wildman–Crippen MR) is 96.5 cm³/mol. The number of hydrogen-bond acceptors (Lipinski definition) is 6. The molecule has 0 saturated carbocycles. The van der Waals surface area contributed by atoms with Crippen LogP contribution >= 0.6 is 23.5 Å². The summed E-state index contributed by atoms with van der Waals surface area (Å²) in [6, 6.07) is 7.32. The van der Waals surface area contributed by atoms with Crippen LogP contribution in [0.2, 0.25) is 0 Å². The Morgan fingerprint density at radius 3 is 2.29 bits per heavy atom. The van der Waals surface area contributed by atoms with Gasteiger partial charge < -0.3 is 0 Å². The van der Waals surface area contributed by atoms with E-state index in [0.717, 1.165) is 11.5 Å². The number of amides is 2. The van der Waals surface area contributed by atoms with Crippen molar-refractivity contribution in [2.75, 3.05) is 23.0 Å². The molecule has 1 aromatic rings. The van der Waals surface area contributed by atoms with Crippen molar-refractivity contribution in [3.05, 3.63) is 35.4 Å². The zero-order chi connectivity index (χ0) is 17.2. The van der Waals surface area contributed by atoms with Crippen LogP contribution in [0.4, 0.5) is 0 Å². The average molecular weight is 387 g/mol. The van der Waals surface area contributed by atoms with Gasteiger partial charge in [0.05, 0.1) is 22.0 Å². The minimum absolute atomic E-state index is 0.0255. The van der Waals surface area contributed by atoms with Crippen molar-refractivity contribution < 1.29 is 18.0 Å². The number of hydrazine groups is 1. The molecule has 0 unspecified atom stereocenters. The molecule has 1 atom stereocenters. The Kier molecular flexibility index (Phi) is 5.41. The summed E-state index contributed by atoms with van der Waals surface area (Å²) in [6.07, 6.45) is 0.301. The Hall–Kier alpha value is -1.19. The van der Waals surface area contributed by atoms with Crippen molar-refractivity contribution in [2.24, 2.45) is 5.92 Å². The zero-order valence-electron chi connectivity index (χ0n) is 12.9. The zero-order valence-corrected chi connectivity index (χ0v) is 15.3. The van der Waals surface area contributed by atoms with Crippen LogP contribution in [-0.4, -0.2) is 43.2 Å². The lowest BCUT2D eigenvalue weighted by Crippen LogP contribution is -2.44. The molecule has 2 saturated heterocycles. The molecule has 3 rings (SSSR count). The summed E-state index contributed by atoms with van der Waals surface area (Å²) in [5.41, 5.74) is 6.30. The van der Waals surface area contributed by atoms with Crippen molar-refractivity contribution in [3.63, 3.8) is 0 Å². The normalized spacial score (nSPS) is 23.1. The minimum Gasteiger partial charge on any atom is -0.273 e. The molecule has 0 bridgehead atoms. The molecule has 24 heavy (non-hydrogen) atoms. The van der Waals surface area contributed by atoms with Gasteiger partial charge in [-0.3, -0.25) is 20.4 Å². The number of carbonyl (C=O) groups is 2. The second-order valence-electron chi connectivity index (χ2n) is 5.74. The molecule has 130 valence electrons. The maximum Gasteiger partial charge on any atom is 0.269 e. The fourth-order valence-corrected chi connectivity index (χ4v) is 7.24. The first-order valence-corrected chi connectivity index (χ1v) is 11.5. The number of nitrogens with one attached hydrogen (secondary N) is 2. The van der Waals surface area contributed by atoms with E-state index in [-0.39, 0.29) is 11.5 Å². The molecule has 2 heterocycles. The maximum atomic E-state index is 12.1. The first kappa shape index (κ1) is 17.6. The molecule has 2 aliphatic heterocycles. The van der Waals surface area contributed by atoms with E-state index < -0.39 is 27.6 Å². The third-order valence-electron chi connectivity index (χ3n) is 3.97. The summed E-state index contributed by atoms with van der Waals surface area (Å²) in [6.45, 7) is 0. The van der Waals surface area contributed by atoms with Gasteiger partial charge in [-0.05, 0) is 24.1 Å². The van der Waals surface area contributed by atoms with Gasteiger partial charge in [0.2, 0.25) is 5.91 Å². The molecule has 1 aromatic carbocycles. The van der Waals surface area contributed by atoms with E-state index in [1.807, 2.05) is 35.7 Å². The highest BCUT2D eigenvalue weighted by atomic mass is 32.2. The molecule has 9 heteroatoms. The Morgan fingerprint density at radius 2 is 1.71 bits per heavy atom. The van der Waals surface area contributed by atoms with Crippen LogP contribution < -0.4 is 10.9 Å². The molecule has 2 fully saturated rings. The number of thioether (sulfide) groups is 2. The first-order valence-electron chi connectivity index (χ1n) is 7.58. The fraction of sp³-hybridized carbons (Fsp3) is 0.467. The molecule has 6 nitrogen and oxygen atoms in total. The summed E-state index contributed by atoms with van der Waals surface area (Å²) >= 11 is 3.79. The van der Waals surface area contributed by atoms with E-state index in [1.165, 1.54) is 5.56 Å². The van der Waals surface area contributed by atoms with Crippen LogP contribution in [0.3, 0.4) is 0 Å². The molecule has 0 spiro atoms. The van der Waals surface area contributed by atoms with Crippen molar-refractivity contribution in [2.45, 2.75) is 11.0 Å². The lowest BCUT2D eigenvalue weighted by Gasteiger charge is -2.12. The monoisotopic (exact) mass is 386 g/mol. The van der Waals surface area contributed by atoms with Crippen LogP contribution in [0.25, 0.3) is 0 Å². The van der Waals surface area contributed by atoms with E-state index in [2.05, 4.69) is 10.9 Å². The highest BCUT2D eigenvalue weighted by Crippen LogP contribution is 2.45. The van der Waals surface area contributed by atoms with Gasteiger partial charge in [0, 0.05) is 17.1 Å². The average Bonchev–Trinajstić information content (AvgIpc) is 3.22. The quantitative estimate of drug-likeness (QED) is 0.762. The Morgan fingerprint density at radius 1 is 1.04 bits per heavy atom. The molecule has 0 aromatic heterocycles. The van der Waals surface area contributed by atoms with E-state index in [9.17, 15) is 18.0 Å². The summed E-state index contributed by atoms with van der Waals surface area (Å²) in [7, 11) is -3.12. The minimum atomic E-state index is -3.12. The standard InChI is InChI=1S/C15H18N2O4S3/c18-13(16-17-14(19)12-5-8-24(20,21)9-12)10-1-3-11(4-2-10)15-22-6-7-23-15/h1-4,12,15H,5-9H2,(H,16,18)(H,17,19)/t12-/m1/s1. The van der Waals surface area contributed by atoms with Crippen molar-refractivity contribution >= 4 is 45.2 Å². The van der Waals surface area contributed by atoms with Crippen molar-refractivity contribution in [3.8, 4) is 0 Å². The van der Waals surface area contributed by atoms with Gasteiger partial charge in [0.15, 0.2) is 9.84 Å². The maximum absolute atomic E-state index is 12.1. The number of carbonyl (C=O) groups excluding carboxylic acids is 2.